The summed E-state index contributed by atoms with van der Waals surface area (Å²) >= 11 is 0. The molecule has 0 aliphatic carbocycles. The molecular weight excluding hydrogens is 228 g/mol. The Kier molecular flexibility index (Phi) is 4.84. The molecule has 1 aliphatic rings. The molecular formula is C14H22N2O2. The van der Waals surface area contributed by atoms with Crippen LogP contribution in [0.3, 0.4) is 0 Å². The number of nitrogens with zero attached hydrogens (tertiary/aromatic N) is 1. The van der Waals surface area contributed by atoms with Gasteiger partial charge >= 0.3 is 0 Å². The molecule has 0 atom stereocenters. The van der Waals surface area contributed by atoms with Gasteiger partial charge in [-0.3, -0.25) is 0 Å². The second-order valence-electron chi connectivity index (χ2n) is 4.89. The third-order valence-corrected chi connectivity index (χ3v) is 3.44. The first-order valence-corrected chi connectivity index (χ1v) is 6.69. The third kappa shape index (κ3) is 3.89. The summed E-state index contributed by atoms with van der Waals surface area (Å²) in [6, 6.07) is 4.72. The molecule has 3 N–H and O–H groups in total. The zero-order valence-electron chi connectivity index (χ0n) is 10.7. The molecule has 1 aromatic carbocycles. The molecule has 0 radical (unpaired) electrons. The van der Waals surface area contributed by atoms with Crippen molar-refractivity contribution in [2.45, 2.75) is 25.8 Å². The van der Waals surface area contributed by atoms with Gasteiger partial charge in [-0.05, 0) is 32.0 Å². The predicted molar refractivity (Wildman–Crippen MR) is 71.8 cm³/mol. The van der Waals surface area contributed by atoms with Crippen molar-refractivity contribution >= 4 is 0 Å². The van der Waals surface area contributed by atoms with E-state index in [1.165, 1.54) is 38.4 Å². The zero-order valence-corrected chi connectivity index (χ0v) is 10.7. The van der Waals surface area contributed by atoms with Gasteiger partial charge in [0, 0.05) is 31.3 Å². The molecule has 0 bridgehead atoms. The minimum atomic E-state index is 0.101. The van der Waals surface area contributed by atoms with E-state index in [1.807, 2.05) is 0 Å². The van der Waals surface area contributed by atoms with Gasteiger partial charge in [0.15, 0.2) is 0 Å². The molecule has 1 fully saturated rings. The maximum atomic E-state index is 9.63. The predicted octanol–water partition coefficient (Wildman–Crippen LogP) is 1.67. The first-order chi connectivity index (χ1) is 8.75. The van der Waals surface area contributed by atoms with Gasteiger partial charge in [0.2, 0.25) is 0 Å². The average Bonchev–Trinajstić information content (AvgIpc) is 2.38. The summed E-state index contributed by atoms with van der Waals surface area (Å²) < 4.78 is 0. The highest BCUT2D eigenvalue weighted by Crippen LogP contribution is 2.22. The van der Waals surface area contributed by atoms with Crippen LogP contribution in [0.15, 0.2) is 18.2 Å². The number of phenolic OH excluding ortho intramolecular Hbond substituents is 2. The molecule has 0 aromatic heterocycles. The van der Waals surface area contributed by atoms with Crippen LogP contribution < -0.4 is 5.32 Å². The maximum Gasteiger partial charge on any atom is 0.123 e. The van der Waals surface area contributed by atoms with Crippen molar-refractivity contribution in [3.05, 3.63) is 23.8 Å². The van der Waals surface area contributed by atoms with Gasteiger partial charge in [-0.2, -0.15) is 0 Å². The van der Waals surface area contributed by atoms with Gasteiger partial charge < -0.3 is 20.4 Å². The van der Waals surface area contributed by atoms with Crippen molar-refractivity contribution in [1.29, 1.82) is 0 Å². The van der Waals surface area contributed by atoms with E-state index in [2.05, 4.69) is 10.2 Å². The minimum Gasteiger partial charge on any atom is -0.508 e. The van der Waals surface area contributed by atoms with Gasteiger partial charge in [0.1, 0.15) is 11.5 Å². The molecule has 1 heterocycles. The topological polar surface area (TPSA) is 55.7 Å². The number of likely N-dealkylation sites (tertiary alicyclic amines) is 1. The molecule has 4 nitrogen and oxygen atoms in total. The van der Waals surface area contributed by atoms with E-state index < -0.39 is 0 Å². The largest absolute Gasteiger partial charge is 0.508 e. The highest BCUT2D eigenvalue weighted by Gasteiger charge is 2.09. The number of benzene rings is 1. The van der Waals surface area contributed by atoms with Crippen molar-refractivity contribution in [2.24, 2.45) is 0 Å². The number of nitrogens with one attached hydrogen (secondary N) is 1. The van der Waals surface area contributed by atoms with E-state index in [4.69, 9.17) is 0 Å². The highest BCUT2D eigenvalue weighted by molar-refractivity contribution is 5.38. The number of hydrogen-bond donors (Lipinski definition) is 3. The number of piperidine rings is 1. The molecule has 0 unspecified atom stereocenters. The summed E-state index contributed by atoms with van der Waals surface area (Å²) in [7, 11) is 0. The Morgan fingerprint density at radius 1 is 1.11 bits per heavy atom. The molecule has 1 aromatic rings. The summed E-state index contributed by atoms with van der Waals surface area (Å²) in [5.74, 6) is 0.255. The standard InChI is InChI=1S/C14H22N2O2/c17-13-5-4-12(14(18)10-13)11-15-6-9-16-7-2-1-3-8-16/h4-5,10,15,17-18H,1-3,6-9,11H2. The number of hydrogen-bond acceptors (Lipinski definition) is 4. The molecule has 18 heavy (non-hydrogen) atoms. The lowest BCUT2D eigenvalue weighted by Gasteiger charge is -2.26. The summed E-state index contributed by atoms with van der Waals surface area (Å²) in [4.78, 5) is 2.48. The fourth-order valence-electron chi connectivity index (χ4n) is 2.34. The van der Waals surface area contributed by atoms with Crippen molar-refractivity contribution in [3.8, 4) is 11.5 Å². The Hall–Kier alpha value is -1.26. The highest BCUT2D eigenvalue weighted by atomic mass is 16.3. The van der Waals surface area contributed by atoms with E-state index in [0.29, 0.717) is 6.54 Å². The first kappa shape index (κ1) is 13.2. The monoisotopic (exact) mass is 250 g/mol. The van der Waals surface area contributed by atoms with E-state index >= 15 is 0 Å². The second-order valence-corrected chi connectivity index (χ2v) is 4.89. The van der Waals surface area contributed by atoms with Gasteiger partial charge in [-0.15, -0.1) is 0 Å². The molecule has 1 aliphatic heterocycles. The van der Waals surface area contributed by atoms with E-state index in [-0.39, 0.29) is 11.5 Å². The van der Waals surface area contributed by atoms with Gasteiger partial charge in [-0.1, -0.05) is 12.5 Å². The van der Waals surface area contributed by atoms with E-state index in [1.54, 1.807) is 12.1 Å². The molecule has 0 amide bonds. The van der Waals surface area contributed by atoms with Gasteiger partial charge in [0.05, 0.1) is 0 Å². The Bertz CT molecular complexity index is 376. The van der Waals surface area contributed by atoms with Crippen molar-refractivity contribution in [3.63, 3.8) is 0 Å². The van der Waals surface area contributed by atoms with Crippen LogP contribution in [0.25, 0.3) is 0 Å². The SMILES string of the molecule is Oc1ccc(CNCCN2CCCCC2)c(O)c1. The lowest BCUT2D eigenvalue weighted by molar-refractivity contribution is 0.229. The normalized spacial score (nSPS) is 16.9. The maximum absolute atomic E-state index is 9.63. The van der Waals surface area contributed by atoms with Crippen LogP contribution in [0.5, 0.6) is 11.5 Å². The van der Waals surface area contributed by atoms with Crippen LogP contribution in [0.2, 0.25) is 0 Å². The lowest BCUT2D eigenvalue weighted by Crippen LogP contribution is -2.35. The lowest BCUT2D eigenvalue weighted by atomic mass is 10.1. The quantitative estimate of drug-likeness (QED) is 0.696. The second kappa shape index (κ2) is 6.61. The summed E-state index contributed by atoms with van der Waals surface area (Å²) in [5, 5.41) is 22.1. The van der Waals surface area contributed by atoms with Crippen molar-refractivity contribution < 1.29 is 10.2 Å². The van der Waals surface area contributed by atoms with Gasteiger partial charge in [-0.25, -0.2) is 0 Å². The molecule has 2 rings (SSSR count). The number of rotatable bonds is 5. The zero-order chi connectivity index (χ0) is 12.8. The molecule has 0 saturated carbocycles. The summed E-state index contributed by atoms with van der Waals surface area (Å²) in [5.41, 5.74) is 0.825. The van der Waals surface area contributed by atoms with Crippen molar-refractivity contribution in [1.82, 2.24) is 10.2 Å². The van der Waals surface area contributed by atoms with Crippen LogP contribution in [0.1, 0.15) is 24.8 Å². The van der Waals surface area contributed by atoms with Crippen LogP contribution in [-0.4, -0.2) is 41.3 Å². The van der Waals surface area contributed by atoms with Crippen LogP contribution in [0, 0.1) is 0 Å². The van der Waals surface area contributed by atoms with Gasteiger partial charge in [0.25, 0.3) is 0 Å². The smallest absolute Gasteiger partial charge is 0.123 e. The fourth-order valence-corrected chi connectivity index (χ4v) is 2.34. The summed E-state index contributed by atoms with van der Waals surface area (Å²) in [6.07, 6.45) is 4.00. The van der Waals surface area contributed by atoms with Crippen LogP contribution in [-0.2, 0) is 6.54 Å². The first-order valence-electron chi connectivity index (χ1n) is 6.69. The molecule has 4 heteroatoms. The Balaban J connectivity index is 1.68. The molecule has 100 valence electrons. The van der Waals surface area contributed by atoms with Crippen LogP contribution in [0.4, 0.5) is 0 Å². The summed E-state index contributed by atoms with van der Waals surface area (Å²) in [6.45, 7) is 5.07. The van der Waals surface area contributed by atoms with Crippen molar-refractivity contribution in [2.75, 3.05) is 26.2 Å². The number of phenols is 2. The molecule has 1 saturated heterocycles. The average molecular weight is 250 g/mol. The number of aromatic hydroxyl groups is 2. The van der Waals surface area contributed by atoms with E-state index in [9.17, 15) is 10.2 Å². The van der Waals surface area contributed by atoms with Crippen LogP contribution >= 0.6 is 0 Å². The Morgan fingerprint density at radius 2 is 1.89 bits per heavy atom. The third-order valence-electron chi connectivity index (χ3n) is 3.44. The fraction of sp³-hybridized carbons (Fsp3) is 0.571. The Morgan fingerprint density at radius 3 is 2.61 bits per heavy atom. The molecule has 0 spiro atoms. The minimum absolute atomic E-state index is 0.101. The van der Waals surface area contributed by atoms with E-state index in [0.717, 1.165) is 18.7 Å². The Labute approximate surface area is 108 Å².